The fourth-order valence-electron chi connectivity index (χ4n) is 4.38. The molecule has 1 atom stereocenters. The molecule has 1 unspecified atom stereocenters. The van der Waals surface area contributed by atoms with E-state index in [1.807, 2.05) is 36.1 Å². The van der Waals surface area contributed by atoms with Crippen LogP contribution < -0.4 is 10.1 Å². The molecule has 0 aromatic heterocycles. The molecule has 0 radical (unpaired) electrons. The highest BCUT2D eigenvalue weighted by Gasteiger charge is 2.30. The van der Waals surface area contributed by atoms with Crippen LogP contribution in [0.25, 0.3) is 0 Å². The lowest BCUT2D eigenvalue weighted by Gasteiger charge is -2.30. The Morgan fingerprint density at radius 3 is 2.28 bits per heavy atom. The molecule has 1 N–H and O–H groups in total. The van der Waals surface area contributed by atoms with Gasteiger partial charge in [-0.05, 0) is 50.3 Å². The third kappa shape index (κ3) is 9.62. The maximum atomic E-state index is 13.2. The van der Waals surface area contributed by atoms with E-state index >= 15 is 0 Å². The minimum atomic E-state index is -0.366. The van der Waals surface area contributed by atoms with Gasteiger partial charge in [0, 0.05) is 19.5 Å². The Morgan fingerprint density at radius 2 is 1.62 bits per heavy atom. The summed E-state index contributed by atoms with van der Waals surface area (Å²) in [5.41, 5.74) is 1.03. The number of unbranched alkanes of at least 4 members (excludes halogenated alkanes) is 8. The molecular weight excluding hydrogens is 400 g/mol. The van der Waals surface area contributed by atoms with Gasteiger partial charge in [-0.2, -0.15) is 0 Å². The van der Waals surface area contributed by atoms with Crippen LogP contribution in [0.4, 0.5) is 0 Å². The van der Waals surface area contributed by atoms with E-state index in [2.05, 4.69) is 12.2 Å². The van der Waals surface area contributed by atoms with Crippen molar-refractivity contribution >= 4 is 11.8 Å². The summed E-state index contributed by atoms with van der Waals surface area (Å²) in [6.45, 7) is 6.02. The maximum absolute atomic E-state index is 13.2. The van der Waals surface area contributed by atoms with Crippen LogP contribution in [0.3, 0.4) is 0 Å². The molecule has 1 saturated heterocycles. The summed E-state index contributed by atoms with van der Waals surface area (Å²) in [5.74, 6) is 0.925. The number of nitrogens with one attached hydrogen (secondary N) is 1. The molecule has 0 saturated carbocycles. The molecule has 1 aliphatic heterocycles. The van der Waals surface area contributed by atoms with Gasteiger partial charge in [0.25, 0.3) is 0 Å². The van der Waals surface area contributed by atoms with Crippen molar-refractivity contribution in [3.05, 3.63) is 29.8 Å². The number of benzene rings is 1. The molecule has 2 rings (SSSR count). The van der Waals surface area contributed by atoms with Crippen molar-refractivity contribution in [3.8, 4) is 5.75 Å². The van der Waals surface area contributed by atoms with Crippen LogP contribution in [0.5, 0.6) is 5.75 Å². The largest absolute Gasteiger partial charge is 0.494 e. The first-order valence-corrected chi connectivity index (χ1v) is 12.9. The molecule has 1 aromatic carbocycles. The van der Waals surface area contributed by atoms with Gasteiger partial charge < -0.3 is 15.0 Å². The van der Waals surface area contributed by atoms with Crippen LogP contribution >= 0.6 is 0 Å². The van der Waals surface area contributed by atoms with Gasteiger partial charge in [-0.25, -0.2) is 0 Å². The Labute approximate surface area is 195 Å². The summed E-state index contributed by atoms with van der Waals surface area (Å²) < 4.78 is 5.53. The van der Waals surface area contributed by atoms with Gasteiger partial charge in [0.05, 0.1) is 6.61 Å². The van der Waals surface area contributed by atoms with Crippen molar-refractivity contribution in [1.82, 2.24) is 10.2 Å². The highest BCUT2D eigenvalue weighted by molar-refractivity contribution is 5.87. The van der Waals surface area contributed by atoms with E-state index in [4.69, 9.17) is 4.74 Å². The quantitative estimate of drug-likeness (QED) is 0.337. The van der Waals surface area contributed by atoms with E-state index in [1.54, 1.807) is 0 Å². The summed E-state index contributed by atoms with van der Waals surface area (Å²) in [4.78, 5) is 27.7. The van der Waals surface area contributed by atoms with Crippen molar-refractivity contribution < 1.29 is 14.3 Å². The Hall–Kier alpha value is -2.04. The second kappa shape index (κ2) is 15.7. The maximum Gasteiger partial charge on any atom is 0.242 e. The van der Waals surface area contributed by atoms with Crippen LogP contribution in [0.15, 0.2) is 24.3 Å². The number of hydrogen-bond acceptors (Lipinski definition) is 3. The molecule has 5 nitrogen and oxygen atoms in total. The normalized spacial score (nSPS) is 16.3. The molecule has 1 fully saturated rings. The number of amides is 2. The van der Waals surface area contributed by atoms with Crippen molar-refractivity contribution in [3.63, 3.8) is 0 Å². The Balaban J connectivity index is 1.89. The Morgan fingerprint density at radius 1 is 0.969 bits per heavy atom. The molecule has 1 heterocycles. The third-order valence-electron chi connectivity index (χ3n) is 6.28. The molecule has 180 valence electrons. The third-order valence-corrected chi connectivity index (χ3v) is 6.28. The molecule has 0 bridgehead atoms. The van der Waals surface area contributed by atoms with Gasteiger partial charge in [0.2, 0.25) is 11.8 Å². The van der Waals surface area contributed by atoms with E-state index in [-0.39, 0.29) is 17.9 Å². The van der Waals surface area contributed by atoms with Crippen molar-refractivity contribution in [2.75, 3.05) is 13.2 Å². The minimum absolute atomic E-state index is 0.00568. The van der Waals surface area contributed by atoms with E-state index in [0.29, 0.717) is 26.1 Å². The SMILES string of the molecule is CCCCCCCCCCCC(=O)N(Cc1ccc(OCC)cc1)C1CCCCNC1=O. The number of hydrogen-bond donors (Lipinski definition) is 1. The summed E-state index contributed by atoms with van der Waals surface area (Å²) in [6, 6.07) is 7.51. The lowest BCUT2D eigenvalue weighted by molar-refractivity contribution is -0.141. The minimum Gasteiger partial charge on any atom is -0.494 e. The fraction of sp³-hybridized carbons (Fsp3) is 0.704. The van der Waals surface area contributed by atoms with Crippen LogP contribution in [-0.2, 0) is 16.1 Å². The van der Waals surface area contributed by atoms with E-state index in [9.17, 15) is 9.59 Å². The monoisotopic (exact) mass is 444 g/mol. The smallest absolute Gasteiger partial charge is 0.242 e. The number of carbonyl (C=O) groups excluding carboxylic acids is 2. The first-order valence-electron chi connectivity index (χ1n) is 12.9. The molecule has 1 aliphatic rings. The average molecular weight is 445 g/mol. The van der Waals surface area contributed by atoms with Crippen molar-refractivity contribution in [1.29, 1.82) is 0 Å². The molecule has 32 heavy (non-hydrogen) atoms. The second-order valence-electron chi connectivity index (χ2n) is 8.98. The Bertz CT molecular complexity index is 659. The number of nitrogens with zero attached hydrogens (tertiary/aromatic N) is 1. The zero-order valence-electron chi connectivity index (χ0n) is 20.4. The van der Waals surface area contributed by atoms with E-state index in [1.165, 1.54) is 44.9 Å². The molecule has 5 heteroatoms. The predicted octanol–water partition coefficient (Wildman–Crippen LogP) is 6.00. The molecule has 0 spiro atoms. The van der Waals surface area contributed by atoms with Crippen molar-refractivity contribution in [2.45, 2.75) is 110 Å². The van der Waals surface area contributed by atoms with Crippen molar-refractivity contribution in [2.24, 2.45) is 0 Å². The first kappa shape index (κ1) is 26.2. The second-order valence-corrected chi connectivity index (χ2v) is 8.98. The molecule has 0 aliphatic carbocycles. The summed E-state index contributed by atoms with van der Waals surface area (Å²) in [6.07, 6.45) is 14.3. The average Bonchev–Trinajstić information content (AvgIpc) is 3.01. The zero-order chi connectivity index (χ0) is 23.0. The number of ether oxygens (including phenoxy) is 1. The Kier molecular flexibility index (Phi) is 12.9. The van der Waals surface area contributed by atoms with Gasteiger partial charge in [0.15, 0.2) is 0 Å². The van der Waals surface area contributed by atoms with Crippen LogP contribution in [0.2, 0.25) is 0 Å². The first-order chi connectivity index (χ1) is 15.7. The van der Waals surface area contributed by atoms with Gasteiger partial charge in [0.1, 0.15) is 11.8 Å². The van der Waals surface area contributed by atoms with Crippen LogP contribution in [0.1, 0.15) is 103 Å². The van der Waals surface area contributed by atoms with Gasteiger partial charge in [-0.15, -0.1) is 0 Å². The van der Waals surface area contributed by atoms with E-state index < -0.39 is 0 Å². The van der Waals surface area contributed by atoms with E-state index in [0.717, 1.165) is 43.4 Å². The predicted molar refractivity (Wildman–Crippen MR) is 131 cm³/mol. The summed E-state index contributed by atoms with van der Waals surface area (Å²) >= 11 is 0. The fourth-order valence-corrected chi connectivity index (χ4v) is 4.38. The highest BCUT2D eigenvalue weighted by Crippen LogP contribution is 2.20. The van der Waals surface area contributed by atoms with Gasteiger partial charge >= 0.3 is 0 Å². The summed E-state index contributed by atoms with van der Waals surface area (Å²) in [7, 11) is 0. The van der Waals surface area contributed by atoms with Gasteiger partial charge in [-0.1, -0.05) is 70.4 Å². The standard InChI is InChI=1S/C27H44N2O3/c1-3-5-6-7-8-9-10-11-12-16-26(30)29(25-15-13-14-21-28-27(25)31)22-23-17-19-24(20-18-23)32-4-2/h17-20,25H,3-16,21-22H2,1-2H3,(H,28,31). The summed E-state index contributed by atoms with van der Waals surface area (Å²) in [5, 5.41) is 2.99. The topological polar surface area (TPSA) is 58.6 Å². The van der Waals surface area contributed by atoms with Gasteiger partial charge in [-0.3, -0.25) is 9.59 Å². The zero-order valence-corrected chi connectivity index (χ0v) is 20.4. The number of rotatable bonds is 15. The highest BCUT2D eigenvalue weighted by atomic mass is 16.5. The molecule has 2 amide bonds. The lowest BCUT2D eigenvalue weighted by atomic mass is 10.0. The number of carbonyl (C=O) groups is 2. The molecular formula is C27H44N2O3. The molecule has 1 aromatic rings. The van der Waals surface area contributed by atoms with Crippen LogP contribution in [-0.4, -0.2) is 35.9 Å². The lowest BCUT2D eigenvalue weighted by Crippen LogP contribution is -2.48. The van der Waals surface area contributed by atoms with Crippen LogP contribution in [0, 0.1) is 0 Å².